The van der Waals surface area contributed by atoms with Crippen LogP contribution in [0.25, 0.3) is 10.1 Å². The van der Waals surface area contributed by atoms with Crippen LogP contribution in [0.2, 0.25) is 5.02 Å². The number of carbonyl (C=O) groups excluding carboxylic acids is 3. The van der Waals surface area contributed by atoms with Gasteiger partial charge in [-0.3, -0.25) is 14.4 Å². The van der Waals surface area contributed by atoms with Crippen molar-refractivity contribution >= 4 is 60.8 Å². The lowest BCUT2D eigenvalue weighted by atomic mass is 9.96. The third-order valence-electron chi connectivity index (χ3n) is 8.25. The number of likely N-dealkylation sites (tertiary alicyclic amines) is 3. The largest absolute Gasteiger partial charge is 0.466 e. The molecule has 4 heterocycles. The SMILES string of the molecule is CCOC(=O)C1CCN(C[C@@H]2CCCN2C(=O)CN2CCC[C@H](NS(=O)(=O)c3cc4cc(Cl)ccc4s3)C2=O)CC1. The predicted molar refractivity (Wildman–Crippen MR) is 157 cm³/mol. The summed E-state index contributed by atoms with van der Waals surface area (Å²) in [6.45, 7) is 5.56. The first-order chi connectivity index (χ1) is 19.6. The van der Waals surface area contributed by atoms with E-state index in [2.05, 4.69) is 9.62 Å². The molecule has 41 heavy (non-hydrogen) atoms. The van der Waals surface area contributed by atoms with E-state index < -0.39 is 16.1 Å². The molecule has 10 nitrogen and oxygen atoms in total. The van der Waals surface area contributed by atoms with Crippen molar-refractivity contribution in [1.29, 1.82) is 0 Å². The molecule has 0 spiro atoms. The molecule has 0 unspecified atom stereocenters. The van der Waals surface area contributed by atoms with E-state index in [9.17, 15) is 22.8 Å². The van der Waals surface area contributed by atoms with Crippen LogP contribution >= 0.6 is 22.9 Å². The number of halogens is 1. The summed E-state index contributed by atoms with van der Waals surface area (Å²) >= 11 is 7.17. The Morgan fingerprint density at radius 3 is 2.59 bits per heavy atom. The van der Waals surface area contributed by atoms with Crippen molar-refractivity contribution in [2.24, 2.45) is 5.92 Å². The quantitative estimate of drug-likeness (QED) is 0.426. The lowest BCUT2D eigenvalue weighted by molar-refractivity contribution is -0.149. The highest BCUT2D eigenvalue weighted by Gasteiger charge is 2.37. The van der Waals surface area contributed by atoms with Gasteiger partial charge in [-0.1, -0.05) is 11.6 Å². The lowest BCUT2D eigenvalue weighted by Crippen LogP contribution is -2.55. The third kappa shape index (κ3) is 7.05. The fourth-order valence-electron chi connectivity index (χ4n) is 6.09. The average molecular weight is 625 g/mol. The smallest absolute Gasteiger partial charge is 0.309 e. The molecule has 0 aliphatic carbocycles. The van der Waals surface area contributed by atoms with Crippen LogP contribution in [0.15, 0.2) is 28.5 Å². The number of hydrogen-bond donors (Lipinski definition) is 1. The van der Waals surface area contributed by atoms with Gasteiger partial charge in [-0.05, 0) is 88.2 Å². The Kier molecular flexibility index (Phi) is 9.54. The number of piperidine rings is 2. The Morgan fingerprint density at radius 2 is 1.83 bits per heavy atom. The molecule has 1 aromatic carbocycles. The van der Waals surface area contributed by atoms with Gasteiger partial charge in [0.25, 0.3) is 10.0 Å². The van der Waals surface area contributed by atoms with E-state index >= 15 is 0 Å². The molecule has 3 aliphatic heterocycles. The Labute approximate surface area is 250 Å². The summed E-state index contributed by atoms with van der Waals surface area (Å²) in [5.41, 5.74) is 0. The van der Waals surface area contributed by atoms with Crippen molar-refractivity contribution in [2.75, 3.05) is 45.9 Å². The van der Waals surface area contributed by atoms with Crippen LogP contribution in [0.5, 0.6) is 0 Å². The van der Waals surface area contributed by atoms with Crippen molar-refractivity contribution in [3.8, 4) is 0 Å². The normalized spacial score (nSPS) is 22.9. The predicted octanol–water partition coefficient (Wildman–Crippen LogP) is 3.09. The van der Waals surface area contributed by atoms with Gasteiger partial charge < -0.3 is 19.4 Å². The van der Waals surface area contributed by atoms with Gasteiger partial charge >= 0.3 is 5.97 Å². The zero-order chi connectivity index (χ0) is 29.1. The van der Waals surface area contributed by atoms with Crippen LogP contribution < -0.4 is 4.72 Å². The van der Waals surface area contributed by atoms with Gasteiger partial charge in [-0.15, -0.1) is 11.3 Å². The molecule has 224 valence electrons. The molecule has 2 atom stereocenters. The number of nitrogens with zero attached hydrogens (tertiary/aromatic N) is 3. The van der Waals surface area contributed by atoms with Crippen molar-refractivity contribution in [3.63, 3.8) is 0 Å². The summed E-state index contributed by atoms with van der Waals surface area (Å²) in [7, 11) is -3.92. The van der Waals surface area contributed by atoms with Crippen LogP contribution in [0.4, 0.5) is 0 Å². The van der Waals surface area contributed by atoms with Crippen molar-refractivity contribution < 1.29 is 27.5 Å². The molecule has 3 saturated heterocycles. The van der Waals surface area contributed by atoms with E-state index in [0.717, 1.165) is 66.7 Å². The first-order valence-electron chi connectivity index (χ1n) is 14.3. The summed E-state index contributed by atoms with van der Waals surface area (Å²) in [5.74, 6) is -0.646. The molecule has 1 aromatic heterocycles. The van der Waals surface area contributed by atoms with E-state index in [1.807, 2.05) is 11.8 Å². The average Bonchev–Trinajstić information content (AvgIpc) is 3.59. The number of fused-ring (bicyclic) bond motifs is 1. The van der Waals surface area contributed by atoms with Crippen molar-refractivity contribution in [2.45, 2.75) is 61.7 Å². The molecule has 1 N–H and O–H groups in total. The second-order valence-corrected chi connectivity index (χ2v) is 14.5. The molecule has 0 bridgehead atoms. The zero-order valence-electron chi connectivity index (χ0n) is 23.2. The molecule has 0 saturated carbocycles. The molecule has 2 aromatic rings. The maximum Gasteiger partial charge on any atom is 0.309 e. The topological polar surface area (TPSA) is 116 Å². The summed E-state index contributed by atoms with van der Waals surface area (Å²) in [5, 5.41) is 1.25. The highest BCUT2D eigenvalue weighted by atomic mass is 35.5. The molecule has 3 fully saturated rings. The zero-order valence-corrected chi connectivity index (χ0v) is 25.6. The van der Waals surface area contributed by atoms with Gasteiger partial charge in [0.05, 0.1) is 19.1 Å². The summed E-state index contributed by atoms with van der Waals surface area (Å²) in [6.07, 6.45) is 4.32. The monoisotopic (exact) mass is 624 g/mol. The van der Waals surface area contributed by atoms with Gasteiger partial charge in [-0.2, -0.15) is 4.72 Å². The summed E-state index contributed by atoms with van der Waals surface area (Å²) < 4.78 is 35.0. The van der Waals surface area contributed by atoms with E-state index in [1.165, 1.54) is 4.90 Å². The standard InChI is InChI=1S/C28H37ClN4O6S2/c1-2-39-28(36)19-9-13-31(14-10-19)17-22-5-3-12-33(22)25(34)18-32-11-4-6-23(27(32)35)30-41(37,38)26-16-20-15-21(29)7-8-24(20)40-26/h7-8,15-16,19,22-23,30H,2-6,9-14,17-18H2,1H3/t22-,23-/m0/s1. The minimum Gasteiger partial charge on any atom is -0.466 e. The number of thiophene rings is 1. The molecule has 3 aliphatic rings. The second kappa shape index (κ2) is 12.9. The van der Waals surface area contributed by atoms with Crippen LogP contribution in [0.1, 0.15) is 45.4 Å². The van der Waals surface area contributed by atoms with Crippen molar-refractivity contribution in [3.05, 3.63) is 29.3 Å². The number of ether oxygens (including phenoxy) is 1. The number of carbonyl (C=O) groups is 3. The lowest BCUT2D eigenvalue weighted by Gasteiger charge is -2.36. The Balaban J connectivity index is 1.16. The number of rotatable bonds is 9. The number of amides is 2. The van der Waals surface area contributed by atoms with Crippen molar-refractivity contribution in [1.82, 2.24) is 19.4 Å². The summed E-state index contributed by atoms with van der Waals surface area (Å²) in [6, 6.07) is 5.92. The maximum atomic E-state index is 13.4. The van der Waals surface area contributed by atoms with E-state index in [-0.39, 0.29) is 40.5 Å². The van der Waals surface area contributed by atoms with E-state index in [0.29, 0.717) is 37.6 Å². The Morgan fingerprint density at radius 1 is 1.07 bits per heavy atom. The Hall–Kier alpha value is -2.25. The van der Waals surface area contributed by atoms with Gasteiger partial charge in [0.1, 0.15) is 10.3 Å². The number of benzene rings is 1. The molecule has 13 heteroatoms. The molecule has 2 amide bonds. The highest BCUT2D eigenvalue weighted by molar-refractivity contribution is 7.91. The van der Waals surface area contributed by atoms with Crippen LogP contribution in [0, 0.1) is 5.92 Å². The number of sulfonamides is 1. The van der Waals surface area contributed by atoms with E-state index in [1.54, 1.807) is 24.3 Å². The molecule has 5 rings (SSSR count). The number of nitrogens with one attached hydrogen (secondary N) is 1. The first kappa shape index (κ1) is 30.2. The third-order valence-corrected chi connectivity index (χ3v) is 11.5. The first-order valence-corrected chi connectivity index (χ1v) is 17.0. The number of hydrogen-bond acceptors (Lipinski definition) is 8. The molecular weight excluding hydrogens is 588 g/mol. The van der Waals surface area contributed by atoms with Gasteiger partial charge in [0.2, 0.25) is 11.8 Å². The molecular formula is C28H37ClN4O6S2. The van der Waals surface area contributed by atoms with Crippen LogP contribution in [-0.2, 0) is 29.1 Å². The fourth-order valence-corrected chi connectivity index (χ4v) is 8.89. The van der Waals surface area contributed by atoms with E-state index in [4.69, 9.17) is 16.3 Å². The highest BCUT2D eigenvalue weighted by Crippen LogP contribution is 2.31. The summed E-state index contributed by atoms with van der Waals surface area (Å²) in [4.78, 5) is 44.4. The molecule has 0 radical (unpaired) electrons. The van der Waals surface area contributed by atoms with Crippen LogP contribution in [-0.4, -0.2) is 98.9 Å². The minimum atomic E-state index is -3.92. The van der Waals surface area contributed by atoms with Crippen LogP contribution in [0.3, 0.4) is 0 Å². The number of esters is 1. The fraction of sp³-hybridized carbons (Fsp3) is 0.607. The van der Waals surface area contributed by atoms with Gasteiger partial charge in [-0.25, -0.2) is 8.42 Å². The van der Waals surface area contributed by atoms with Gasteiger partial charge in [0, 0.05) is 35.4 Å². The minimum absolute atomic E-state index is 0.0552. The maximum absolute atomic E-state index is 13.4. The second-order valence-electron chi connectivity index (χ2n) is 11.0. The van der Waals surface area contributed by atoms with Gasteiger partial charge in [0.15, 0.2) is 0 Å². The Bertz CT molecular complexity index is 1390.